The number of esters is 1. The summed E-state index contributed by atoms with van der Waals surface area (Å²) < 4.78 is 5.62. The van der Waals surface area contributed by atoms with Crippen molar-refractivity contribution in [3.63, 3.8) is 0 Å². The standard InChI is InChI=1S/C12H16BrNO2/c1-8-3-4-9(7-10(8)13)11(14)5-6-12(15)16-2/h3-4,7,11H,5-6,14H2,1-2H3. The Bertz CT molecular complexity index is 379. The second-order valence-electron chi connectivity index (χ2n) is 3.73. The van der Waals surface area contributed by atoms with Gasteiger partial charge in [-0.25, -0.2) is 0 Å². The molecule has 88 valence electrons. The van der Waals surface area contributed by atoms with Gasteiger partial charge >= 0.3 is 5.97 Å². The Kier molecular flexibility index (Phi) is 4.96. The minimum Gasteiger partial charge on any atom is -0.469 e. The molecule has 0 aromatic heterocycles. The molecule has 2 N–H and O–H groups in total. The summed E-state index contributed by atoms with van der Waals surface area (Å²) in [6, 6.07) is 5.87. The quantitative estimate of drug-likeness (QED) is 0.866. The molecule has 0 fully saturated rings. The molecule has 0 heterocycles. The fourth-order valence-corrected chi connectivity index (χ4v) is 1.78. The third kappa shape index (κ3) is 3.61. The van der Waals surface area contributed by atoms with Gasteiger partial charge in [-0.05, 0) is 30.5 Å². The number of hydrogen-bond acceptors (Lipinski definition) is 3. The number of halogens is 1. The molecule has 0 spiro atoms. The maximum atomic E-state index is 11.0. The van der Waals surface area contributed by atoms with Crippen molar-refractivity contribution in [2.24, 2.45) is 5.73 Å². The van der Waals surface area contributed by atoms with E-state index < -0.39 is 0 Å². The lowest BCUT2D eigenvalue weighted by molar-refractivity contribution is -0.140. The van der Waals surface area contributed by atoms with Gasteiger partial charge in [-0.15, -0.1) is 0 Å². The van der Waals surface area contributed by atoms with Crippen molar-refractivity contribution >= 4 is 21.9 Å². The lowest BCUT2D eigenvalue weighted by atomic mass is 10.0. The fourth-order valence-electron chi connectivity index (χ4n) is 1.38. The zero-order valence-corrected chi connectivity index (χ0v) is 11.1. The van der Waals surface area contributed by atoms with Crippen molar-refractivity contribution in [1.29, 1.82) is 0 Å². The molecular weight excluding hydrogens is 270 g/mol. The minimum atomic E-state index is -0.221. The van der Waals surface area contributed by atoms with Crippen molar-refractivity contribution in [3.05, 3.63) is 33.8 Å². The van der Waals surface area contributed by atoms with Gasteiger partial charge in [0.05, 0.1) is 7.11 Å². The van der Waals surface area contributed by atoms with Crippen molar-refractivity contribution in [1.82, 2.24) is 0 Å². The Hall–Kier alpha value is -0.870. The van der Waals surface area contributed by atoms with E-state index in [2.05, 4.69) is 20.7 Å². The molecule has 1 unspecified atom stereocenters. The van der Waals surface area contributed by atoms with E-state index in [0.717, 1.165) is 10.0 Å². The molecule has 1 rings (SSSR count). The lowest BCUT2D eigenvalue weighted by Gasteiger charge is -2.12. The molecule has 0 aliphatic rings. The largest absolute Gasteiger partial charge is 0.469 e. The van der Waals surface area contributed by atoms with E-state index in [0.29, 0.717) is 12.8 Å². The van der Waals surface area contributed by atoms with Crippen LogP contribution in [-0.2, 0) is 9.53 Å². The van der Waals surface area contributed by atoms with E-state index >= 15 is 0 Å². The Labute approximate surface area is 104 Å². The first-order valence-corrected chi connectivity index (χ1v) is 5.92. The number of carbonyl (C=O) groups excluding carboxylic acids is 1. The maximum Gasteiger partial charge on any atom is 0.305 e. The second kappa shape index (κ2) is 6.01. The van der Waals surface area contributed by atoms with Gasteiger partial charge < -0.3 is 10.5 Å². The van der Waals surface area contributed by atoms with Gasteiger partial charge in [-0.1, -0.05) is 28.1 Å². The molecule has 1 aromatic rings. The van der Waals surface area contributed by atoms with Gasteiger partial charge in [0, 0.05) is 16.9 Å². The summed E-state index contributed by atoms with van der Waals surface area (Å²) in [6.07, 6.45) is 0.950. The molecule has 3 nitrogen and oxygen atoms in total. The topological polar surface area (TPSA) is 52.3 Å². The summed E-state index contributed by atoms with van der Waals surface area (Å²) in [7, 11) is 1.39. The molecule has 0 radical (unpaired) electrons. The first-order valence-electron chi connectivity index (χ1n) is 5.13. The van der Waals surface area contributed by atoms with E-state index in [1.54, 1.807) is 0 Å². The molecule has 0 saturated carbocycles. The highest BCUT2D eigenvalue weighted by Crippen LogP contribution is 2.23. The molecule has 0 aliphatic heterocycles. The summed E-state index contributed by atoms with van der Waals surface area (Å²) in [5.41, 5.74) is 8.19. The molecule has 16 heavy (non-hydrogen) atoms. The SMILES string of the molecule is COC(=O)CCC(N)c1ccc(C)c(Br)c1. The molecule has 0 amide bonds. The Morgan fingerprint density at radius 1 is 1.56 bits per heavy atom. The zero-order chi connectivity index (χ0) is 12.1. The van der Waals surface area contributed by atoms with Crippen LogP contribution in [0.1, 0.15) is 30.0 Å². The van der Waals surface area contributed by atoms with E-state index in [-0.39, 0.29) is 12.0 Å². The van der Waals surface area contributed by atoms with E-state index in [9.17, 15) is 4.79 Å². The Morgan fingerprint density at radius 2 is 2.25 bits per heavy atom. The van der Waals surface area contributed by atoms with Crippen LogP contribution in [0.5, 0.6) is 0 Å². The van der Waals surface area contributed by atoms with Crippen LogP contribution < -0.4 is 5.73 Å². The lowest BCUT2D eigenvalue weighted by Crippen LogP contribution is -2.13. The van der Waals surface area contributed by atoms with Gasteiger partial charge in [0.1, 0.15) is 0 Å². The van der Waals surface area contributed by atoms with Crippen LogP contribution in [0, 0.1) is 6.92 Å². The number of hydrogen-bond donors (Lipinski definition) is 1. The highest BCUT2D eigenvalue weighted by molar-refractivity contribution is 9.10. The monoisotopic (exact) mass is 285 g/mol. The number of benzene rings is 1. The van der Waals surface area contributed by atoms with E-state index in [1.165, 1.54) is 12.7 Å². The average Bonchev–Trinajstić information content (AvgIpc) is 2.29. The van der Waals surface area contributed by atoms with Crippen molar-refractivity contribution in [2.75, 3.05) is 7.11 Å². The van der Waals surface area contributed by atoms with Crippen LogP contribution in [0.3, 0.4) is 0 Å². The summed E-state index contributed by atoms with van der Waals surface area (Å²) in [5.74, 6) is -0.221. The molecular formula is C12H16BrNO2. The van der Waals surface area contributed by atoms with Crippen LogP contribution in [0.25, 0.3) is 0 Å². The zero-order valence-electron chi connectivity index (χ0n) is 9.50. The van der Waals surface area contributed by atoms with Gasteiger partial charge in [0.15, 0.2) is 0 Å². The number of aryl methyl sites for hydroxylation is 1. The van der Waals surface area contributed by atoms with Crippen LogP contribution in [-0.4, -0.2) is 13.1 Å². The van der Waals surface area contributed by atoms with Crippen molar-refractivity contribution in [2.45, 2.75) is 25.8 Å². The van der Waals surface area contributed by atoms with Crippen molar-refractivity contribution < 1.29 is 9.53 Å². The number of carbonyl (C=O) groups is 1. The number of nitrogens with two attached hydrogens (primary N) is 1. The average molecular weight is 286 g/mol. The van der Waals surface area contributed by atoms with Crippen molar-refractivity contribution in [3.8, 4) is 0 Å². The molecule has 1 atom stereocenters. The molecule has 0 bridgehead atoms. The minimum absolute atomic E-state index is 0.129. The normalized spacial score (nSPS) is 12.2. The molecule has 0 aliphatic carbocycles. The molecule has 1 aromatic carbocycles. The summed E-state index contributed by atoms with van der Waals surface area (Å²) >= 11 is 3.46. The third-order valence-electron chi connectivity index (χ3n) is 2.51. The summed E-state index contributed by atoms with van der Waals surface area (Å²) in [5, 5.41) is 0. The van der Waals surface area contributed by atoms with Crippen LogP contribution in [0.15, 0.2) is 22.7 Å². The smallest absolute Gasteiger partial charge is 0.305 e. The molecule has 4 heteroatoms. The first kappa shape index (κ1) is 13.2. The van der Waals surface area contributed by atoms with Crippen LogP contribution in [0.4, 0.5) is 0 Å². The summed E-state index contributed by atoms with van der Waals surface area (Å²) in [6.45, 7) is 2.02. The van der Waals surface area contributed by atoms with Gasteiger partial charge in [0.25, 0.3) is 0 Å². The number of methoxy groups -OCH3 is 1. The number of rotatable bonds is 4. The first-order chi connectivity index (χ1) is 7.54. The van der Waals surface area contributed by atoms with Crippen LogP contribution in [0.2, 0.25) is 0 Å². The van der Waals surface area contributed by atoms with E-state index in [4.69, 9.17) is 5.73 Å². The fraction of sp³-hybridized carbons (Fsp3) is 0.417. The molecule has 0 saturated heterocycles. The Balaban J connectivity index is 2.62. The highest BCUT2D eigenvalue weighted by atomic mass is 79.9. The summed E-state index contributed by atoms with van der Waals surface area (Å²) in [4.78, 5) is 11.0. The highest BCUT2D eigenvalue weighted by Gasteiger charge is 2.10. The third-order valence-corrected chi connectivity index (χ3v) is 3.37. The number of ether oxygens (including phenoxy) is 1. The van der Waals surface area contributed by atoms with Crippen LogP contribution >= 0.6 is 15.9 Å². The van der Waals surface area contributed by atoms with Gasteiger partial charge in [-0.3, -0.25) is 4.79 Å². The van der Waals surface area contributed by atoms with E-state index in [1.807, 2.05) is 25.1 Å². The predicted octanol–water partition coefficient (Wildman–Crippen LogP) is 2.71. The Morgan fingerprint density at radius 3 is 2.81 bits per heavy atom. The predicted molar refractivity (Wildman–Crippen MR) is 67.1 cm³/mol. The maximum absolute atomic E-state index is 11.0. The second-order valence-corrected chi connectivity index (χ2v) is 4.58. The van der Waals surface area contributed by atoms with Gasteiger partial charge in [0.2, 0.25) is 0 Å². The van der Waals surface area contributed by atoms with Gasteiger partial charge in [-0.2, -0.15) is 0 Å².